The predicted molar refractivity (Wildman–Crippen MR) is 84.9 cm³/mol. The highest BCUT2D eigenvalue weighted by Crippen LogP contribution is 2.15. The molecule has 1 aromatic carbocycles. The van der Waals surface area contributed by atoms with Crippen LogP contribution in [-0.4, -0.2) is 22.7 Å². The number of hydrogen-bond acceptors (Lipinski definition) is 5. The van der Waals surface area contributed by atoms with Gasteiger partial charge in [-0.15, -0.1) is 11.3 Å². The Morgan fingerprint density at radius 1 is 0.955 bits per heavy atom. The predicted octanol–water partition coefficient (Wildman–Crippen LogP) is 1.99. The molecule has 0 unspecified atom stereocenters. The Morgan fingerprint density at radius 2 is 1.50 bits per heavy atom. The fourth-order valence-electron chi connectivity index (χ4n) is 1.59. The molecule has 2 aromatic rings. The second kappa shape index (κ2) is 6.81. The molecule has 0 bridgehead atoms. The quantitative estimate of drug-likeness (QED) is 0.753. The van der Waals surface area contributed by atoms with Gasteiger partial charge in [-0.1, -0.05) is 0 Å². The van der Waals surface area contributed by atoms with Gasteiger partial charge in [0, 0.05) is 23.7 Å². The topological polar surface area (TPSA) is 100 Å². The van der Waals surface area contributed by atoms with Gasteiger partial charge in [0.2, 0.25) is 5.91 Å². The van der Waals surface area contributed by atoms with Crippen LogP contribution < -0.4 is 16.0 Å². The standard InChI is InChI=1S/C14H14N4O3S/c1-8-7-22-14(15-8)18-13(21)12(20)17-11-5-3-10(4-6-11)16-9(2)19/h3-7H,1-2H3,(H,16,19)(H,17,20)(H,15,18,21). The molecule has 2 rings (SSSR count). The van der Waals surface area contributed by atoms with E-state index in [0.29, 0.717) is 16.5 Å². The normalized spacial score (nSPS) is 9.91. The van der Waals surface area contributed by atoms with E-state index in [2.05, 4.69) is 20.9 Å². The lowest BCUT2D eigenvalue weighted by molar-refractivity contribution is -0.132. The Hall–Kier alpha value is -2.74. The summed E-state index contributed by atoms with van der Waals surface area (Å²) < 4.78 is 0. The van der Waals surface area contributed by atoms with Crippen LogP contribution in [0.15, 0.2) is 29.6 Å². The number of thiazole rings is 1. The van der Waals surface area contributed by atoms with Crippen LogP contribution in [0.3, 0.4) is 0 Å². The van der Waals surface area contributed by atoms with Gasteiger partial charge in [0.15, 0.2) is 5.13 Å². The van der Waals surface area contributed by atoms with Crippen LogP contribution >= 0.6 is 11.3 Å². The maximum absolute atomic E-state index is 11.8. The van der Waals surface area contributed by atoms with Crippen molar-refractivity contribution in [1.29, 1.82) is 0 Å². The number of amides is 3. The molecule has 8 heteroatoms. The van der Waals surface area contributed by atoms with Crippen molar-refractivity contribution in [2.75, 3.05) is 16.0 Å². The molecule has 0 spiro atoms. The summed E-state index contributed by atoms with van der Waals surface area (Å²) in [5, 5.41) is 9.63. The fraction of sp³-hybridized carbons (Fsp3) is 0.143. The minimum Gasteiger partial charge on any atom is -0.326 e. The molecule has 0 aliphatic heterocycles. The zero-order chi connectivity index (χ0) is 16.1. The number of nitrogens with one attached hydrogen (secondary N) is 3. The van der Waals surface area contributed by atoms with Gasteiger partial charge in [-0.2, -0.15) is 0 Å². The van der Waals surface area contributed by atoms with E-state index in [0.717, 1.165) is 5.69 Å². The number of aryl methyl sites for hydroxylation is 1. The molecule has 22 heavy (non-hydrogen) atoms. The van der Waals surface area contributed by atoms with E-state index >= 15 is 0 Å². The summed E-state index contributed by atoms with van der Waals surface area (Å²) in [7, 11) is 0. The Morgan fingerprint density at radius 3 is 2.00 bits per heavy atom. The van der Waals surface area contributed by atoms with Gasteiger partial charge in [0.05, 0.1) is 5.69 Å². The molecule has 0 aliphatic carbocycles. The van der Waals surface area contributed by atoms with E-state index in [9.17, 15) is 14.4 Å². The first-order valence-corrected chi connectivity index (χ1v) is 7.24. The minimum absolute atomic E-state index is 0.185. The van der Waals surface area contributed by atoms with Crippen molar-refractivity contribution in [1.82, 2.24) is 4.98 Å². The molecule has 0 fully saturated rings. The van der Waals surface area contributed by atoms with Gasteiger partial charge in [-0.05, 0) is 31.2 Å². The SMILES string of the molecule is CC(=O)Nc1ccc(NC(=O)C(=O)Nc2nc(C)cs2)cc1. The van der Waals surface area contributed by atoms with Crippen molar-refractivity contribution in [2.24, 2.45) is 0 Å². The van der Waals surface area contributed by atoms with E-state index in [4.69, 9.17) is 0 Å². The average Bonchev–Trinajstić information content (AvgIpc) is 2.85. The number of aromatic nitrogens is 1. The van der Waals surface area contributed by atoms with E-state index in [-0.39, 0.29) is 5.91 Å². The first kappa shape index (κ1) is 15.6. The summed E-state index contributed by atoms with van der Waals surface area (Å²) in [6.45, 7) is 3.20. The lowest BCUT2D eigenvalue weighted by Gasteiger charge is -2.06. The summed E-state index contributed by atoms with van der Waals surface area (Å²) in [5.41, 5.74) is 1.83. The van der Waals surface area contributed by atoms with Crippen molar-refractivity contribution in [3.05, 3.63) is 35.3 Å². The molecule has 3 N–H and O–H groups in total. The van der Waals surface area contributed by atoms with Gasteiger partial charge in [0.25, 0.3) is 0 Å². The van der Waals surface area contributed by atoms with Crippen molar-refractivity contribution in [3.8, 4) is 0 Å². The third-order valence-corrected chi connectivity index (χ3v) is 3.38. The smallest absolute Gasteiger partial charge is 0.315 e. The number of carbonyl (C=O) groups excluding carboxylic acids is 3. The molecule has 3 amide bonds. The fourth-order valence-corrected chi connectivity index (χ4v) is 2.28. The first-order chi connectivity index (χ1) is 10.4. The zero-order valence-corrected chi connectivity index (χ0v) is 12.8. The third kappa shape index (κ3) is 4.38. The summed E-state index contributed by atoms with van der Waals surface area (Å²) in [4.78, 5) is 38.4. The van der Waals surface area contributed by atoms with E-state index in [1.54, 1.807) is 36.6 Å². The lowest BCUT2D eigenvalue weighted by Crippen LogP contribution is -2.29. The molecule has 114 valence electrons. The summed E-state index contributed by atoms with van der Waals surface area (Å²) in [5.74, 6) is -1.77. The third-order valence-electron chi connectivity index (χ3n) is 2.51. The first-order valence-electron chi connectivity index (χ1n) is 6.36. The summed E-state index contributed by atoms with van der Waals surface area (Å²) in [6.07, 6.45) is 0. The van der Waals surface area contributed by atoms with Gasteiger partial charge in [0.1, 0.15) is 0 Å². The van der Waals surface area contributed by atoms with Crippen LogP contribution in [0.5, 0.6) is 0 Å². The molecular weight excluding hydrogens is 304 g/mol. The van der Waals surface area contributed by atoms with Gasteiger partial charge in [-0.3, -0.25) is 19.7 Å². The molecule has 1 heterocycles. The maximum Gasteiger partial charge on any atom is 0.315 e. The Balaban J connectivity index is 1.93. The summed E-state index contributed by atoms with van der Waals surface area (Å²) in [6, 6.07) is 6.42. The highest BCUT2D eigenvalue weighted by molar-refractivity contribution is 7.14. The van der Waals surface area contributed by atoms with Gasteiger partial charge in [-0.25, -0.2) is 4.98 Å². The van der Waals surface area contributed by atoms with E-state index < -0.39 is 11.8 Å². The Bertz CT molecular complexity index is 709. The molecule has 0 saturated heterocycles. The van der Waals surface area contributed by atoms with E-state index in [1.807, 2.05) is 0 Å². The largest absolute Gasteiger partial charge is 0.326 e. The number of anilines is 3. The summed E-state index contributed by atoms with van der Waals surface area (Å²) >= 11 is 1.25. The maximum atomic E-state index is 11.8. The second-order valence-electron chi connectivity index (χ2n) is 4.46. The number of benzene rings is 1. The van der Waals surface area contributed by atoms with Crippen LogP contribution in [-0.2, 0) is 14.4 Å². The van der Waals surface area contributed by atoms with Crippen LogP contribution in [0.4, 0.5) is 16.5 Å². The highest BCUT2D eigenvalue weighted by Gasteiger charge is 2.15. The van der Waals surface area contributed by atoms with Crippen molar-refractivity contribution in [2.45, 2.75) is 13.8 Å². The number of carbonyl (C=O) groups is 3. The van der Waals surface area contributed by atoms with Crippen LogP contribution in [0.1, 0.15) is 12.6 Å². The average molecular weight is 318 g/mol. The van der Waals surface area contributed by atoms with E-state index in [1.165, 1.54) is 18.3 Å². The molecule has 0 aliphatic rings. The van der Waals surface area contributed by atoms with Crippen molar-refractivity contribution >= 4 is 45.6 Å². The Labute approximate surface area is 130 Å². The number of rotatable bonds is 3. The second-order valence-corrected chi connectivity index (χ2v) is 5.32. The van der Waals surface area contributed by atoms with Crippen LogP contribution in [0.2, 0.25) is 0 Å². The van der Waals surface area contributed by atoms with Crippen molar-refractivity contribution in [3.63, 3.8) is 0 Å². The molecule has 0 atom stereocenters. The molecular formula is C14H14N4O3S. The monoisotopic (exact) mass is 318 g/mol. The molecule has 0 saturated carbocycles. The van der Waals surface area contributed by atoms with Gasteiger partial charge >= 0.3 is 11.8 Å². The lowest BCUT2D eigenvalue weighted by atomic mass is 10.2. The zero-order valence-electron chi connectivity index (χ0n) is 12.0. The molecule has 0 radical (unpaired) electrons. The molecule has 7 nitrogen and oxygen atoms in total. The van der Waals surface area contributed by atoms with Crippen LogP contribution in [0.25, 0.3) is 0 Å². The number of nitrogens with zero attached hydrogens (tertiary/aromatic N) is 1. The molecule has 1 aromatic heterocycles. The highest BCUT2D eigenvalue weighted by atomic mass is 32.1. The minimum atomic E-state index is -0.792. The number of hydrogen-bond donors (Lipinski definition) is 3. The Kier molecular flexibility index (Phi) is 4.84. The van der Waals surface area contributed by atoms with Gasteiger partial charge < -0.3 is 10.6 Å². The van der Waals surface area contributed by atoms with Crippen LogP contribution in [0, 0.1) is 6.92 Å². The van der Waals surface area contributed by atoms with Crippen molar-refractivity contribution < 1.29 is 14.4 Å².